The summed E-state index contributed by atoms with van der Waals surface area (Å²) in [5.74, 6) is -0.636. The lowest BCUT2D eigenvalue weighted by Gasteiger charge is -2.10. The predicted molar refractivity (Wildman–Crippen MR) is 104 cm³/mol. The number of oxime groups is 1. The van der Waals surface area contributed by atoms with E-state index in [4.69, 9.17) is 9.57 Å². The molecule has 0 aliphatic rings. The molecule has 0 spiro atoms. The van der Waals surface area contributed by atoms with Crippen LogP contribution in [0.25, 0.3) is 0 Å². The van der Waals surface area contributed by atoms with Crippen molar-refractivity contribution >= 4 is 17.4 Å². The SMILES string of the molecule is CON=C(C(=O)OC)c1ccccc1CCN=C(C)c1cccc(C(F)(F)F)c1. The van der Waals surface area contributed by atoms with Crippen LogP contribution in [-0.4, -0.2) is 38.2 Å². The molecule has 2 aromatic carbocycles. The number of hydrogen-bond donors (Lipinski definition) is 0. The van der Waals surface area contributed by atoms with Gasteiger partial charge in [0.05, 0.1) is 12.7 Å². The van der Waals surface area contributed by atoms with Crippen molar-refractivity contribution in [1.29, 1.82) is 0 Å². The van der Waals surface area contributed by atoms with Crippen LogP contribution in [0.1, 0.15) is 29.2 Å². The van der Waals surface area contributed by atoms with E-state index >= 15 is 0 Å². The summed E-state index contributed by atoms with van der Waals surface area (Å²) >= 11 is 0. The van der Waals surface area contributed by atoms with E-state index in [-0.39, 0.29) is 5.71 Å². The molecule has 0 radical (unpaired) electrons. The van der Waals surface area contributed by atoms with Crippen molar-refractivity contribution < 1.29 is 27.5 Å². The smallest absolute Gasteiger partial charge is 0.416 e. The van der Waals surface area contributed by atoms with Gasteiger partial charge in [-0.1, -0.05) is 41.6 Å². The average molecular weight is 406 g/mol. The van der Waals surface area contributed by atoms with E-state index < -0.39 is 17.7 Å². The molecule has 29 heavy (non-hydrogen) atoms. The molecule has 0 amide bonds. The number of ether oxygens (including phenoxy) is 1. The van der Waals surface area contributed by atoms with Gasteiger partial charge in [0, 0.05) is 17.8 Å². The molecule has 0 aromatic heterocycles. The van der Waals surface area contributed by atoms with Gasteiger partial charge < -0.3 is 9.57 Å². The number of rotatable bonds is 7. The zero-order valence-corrected chi connectivity index (χ0v) is 16.3. The summed E-state index contributed by atoms with van der Waals surface area (Å²) in [7, 11) is 2.58. The third-order valence-electron chi connectivity index (χ3n) is 4.17. The first kappa shape index (κ1) is 22.1. The normalized spacial score (nSPS) is 12.6. The number of esters is 1. The number of aliphatic imine (C=N–C) groups is 1. The molecule has 5 nitrogen and oxygen atoms in total. The maximum Gasteiger partial charge on any atom is 0.416 e. The van der Waals surface area contributed by atoms with Crippen molar-refractivity contribution in [1.82, 2.24) is 0 Å². The number of alkyl halides is 3. The molecular formula is C21H21F3N2O3. The summed E-state index contributed by atoms with van der Waals surface area (Å²) in [6.45, 7) is 1.98. The minimum atomic E-state index is -4.40. The second kappa shape index (κ2) is 9.86. The number of hydrogen-bond acceptors (Lipinski definition) is 5. The maximum atomic E-state index is 12.9. The zero-order valence-electron chi connectivity index (χ0n) is 16.3. The Kier molecular flexibility index (Phi) is 7.52. The quantitative estimate of drug-likeness (QED) is 0.392. The minimum Gasteiger partial charge on any atom is -0.464 e. The molecule has 0 N–H and O–H groups in total. The third-order valence-corrected chi connectivity index (χ3v) is 4.17. The van der Waals surface area contributed by atoms with Crippen molar-refractivity contribution in [3.63, 3.8) is 0 Å². The van der Waals surface area contributed by atoms with E-state index in [0.717, 1.165) is 17.7 Å². The van der Waals surface area contributed by atoms with Gasteiger partial charge in [0.1, 0.15) is 7.11 Å². The maximum absolute atomic E-state index is 12.9. The first-order chi connectivity index (χ1) is 13.8. The van der Waals surface area contributed by atoms with Gasteiger partial charge in [0.25, 0.3) is 0 Å². The number of halogens is 3. The molecule has 0 bridgehead atoms. The van der Waals surface area contributed by atoms with Crippen molar-refractivity contribution in [2.24, 2.45) is 10.1 Å². The second-order valence-corrected chi connectivity index (χ2v) is 6.07. The Balaban J connectivity index is 2.21. The summed E-state index contributed by atoms with van der Waals surface area (Å²) < 4.78 is 43.4. The van der Waals surface area contributed by atoms with Gasteiger partial charge >= 0.3 is 12.1 Å². The van der Waals surface area contributed by atoms with E-state index in [1.165, 1.54) is 20.3 Å². The summed E-state index contributed by atoms with van der Waals surface area (Å²) in [5, 5.41) is 3.75. The molecule has 0 fully saturated rings. The van der Waals surface area contributed by atoms with E-state index in [9.17, 15) is 18.0 Å². The molecular weight excluding hydrogens is 385 g/mol. The van der Waals surface area contributed by atoms with Crippen molar-refractivity contribution in [3.8, 4) is 0 Å². The van der Waals surface area contributed by atoms with Crippen LogP contribution in [0, 0.1) is 0 Å². The summed E-state index contributed by atoms with van der Waals surface area (Å²) in [6.07, 6.45) is -3.95. The van der Waals surface area contributed by atoms with Crippen molar-refractivity contribution in [2.45, 2.75) is 19.5 Å². The van der Waals surface area contributed by atoms with Gasteiger partial charge in [-0.2, -0.15) is 13.2 Å². The number of carbonyl (C=O) groups excluding carboxylic acids is 1. The average Bonchev–Trinajstić information content (AvgIpc) is 2.71. The fraction of sp³-hybridized carbons (Fsp3) is 0.286. The van der Waals surface area contributed by atoms with Crippen LogP contribution in [0.5, 0.6) is 0 Å². The van der Waals surface area contributed by atoms with E-state index in [0.29, 0.717) is 29.8 Å². The molecule has 0 saturated carbocycles. The lowest BCUT2D eigenvalue weighted by atomic mass is 10.0. The van der Waals surface area contributed by atoms with E-state index in [1.807, 2.05) is 12.1 Å². The van der Waals surface area contributed by atoms with Crippen LogP contribution in [0.2, 0.25) is 0 Å². The molecule has 0 aliphatic heterocycles. The molecule has 0 atom stereocenters. The molecule has 0 unspecified atom stereocenters. The van der Waals surface area contributed by atoms with Crippen LogP contribution in [-0.2, 0) is 27.0 Å². The highest BCUT2D eigenvalue weighted by molar-refractivity contribution is 6.43. The first-order valence-electron chi connectivity index (χ1n) is 8.74. The first-order valence-corrected chi connectivity index (χ1v) is 8.74. The Hall–Kier alpha value is -3.16. The summed E-state index contributed by atoms with van der Waals surface area (Å²) in [5.41, 5.74) is 1.55. The molecule has 2 rings (SSSR count). The minimum absolute atomic E-state index is 0.0316. The highest BCUT2D eigenvalue weighted by Crippen LogP contribution is 2.29. The summed E-state index contributed by atoms with van der Waals surface area (Å²) in [6, 6.07) is 12.1. The molecule has 2 aromatic rings. The van der Waals surface area contributed by atoms with Gasteiger partial charge in [0.15, 0.2) is 5.71 Å². The van der Waals surface area contributed by atoms with Crippen molar-refractivity contribution in [3.05, 3.63) is 70.8 Å². The Morgan fingerprint density at radius 2 is 1.79 bits per heavy atom. The van der Waals surface area contributed by atoms with Crippen LogP contribution >= 0.6 is 0 Å². The van der Waals surface area contributed by atoms with Crippen molar-refractivity contribution in [2.75, 3.05) is 20.8 Å². The van der Waals surface area contributed by atoms with Crippen LogP contribution in [0.15, 0.2) is 58.7 Å². The number of methoxy groups -OCH3 is 1. The topological polar surface area (TPSA) is 60.2 Å². The van der Waals surface area contributed by atoms with Gasteiger partial charge in [-0.05, 0) is 36.6 Å². The molecule has 0 aliphatic carbocycles. The Labute approximate surface area is 166 Å². The number of carbonyl (C=O) groups is 1. The molecule has 0 saturated heterocycles. The lowest BCUT2D eigenvalue weighted by molar-refractivity contribution is -0.137. The summed E-state index contributed by atoms with van der Waals surface area (Å²) in [4.78, 5) is 21.1. The van der Waals surface area contributed by atoms with Crippen LogP contribution < -0.4 is 0 Å². The standard InChI is InChI=1S/C21H21F3N2O3/c1-14(16-8-6-9-17(13-16)21(22,23)24)25-12-11-15-7-4-5-10-18(15)19(26-29-3)20(27)28-2/h4-10,13H,11-12H2,1-3H3. The number of nitrogens with zero attached hydrogens (tertiary/aromatic N) is 2. The predicted octanol–water partition coefficient (Wildman–Crippen LogP) is 4.28. The molecule has 0 heterocycles. The fourth-order valence-electron chi connectivity index (χ4n) is 2.71. The number of benzene rings is 2. The van der Waals surface area contributed by atoms with Gasteiger partial charge in [-0.15, -0.1) is 0 Å². The Morgan fingerprint density at radius 3 is 2.45 bits per heavy atom. The Morgan fingerprint density at radius 1 is 1.07 bits per heavy atom. The molecule has 154 valence electrons. The van der Waals surface area contributed by atoms with Gasteiger partial charge in [-0.25, -0.2) is 4.79 Å². The fourth-order valence-corrected chi connectivity index (χ4v) is 2.71. The second-order valence-electron chi connectivity index (χ2n) is 6.07. The van der Waals surface area contributed by atoms with E-state index in [1.54, 1.807) is 25.1 Å². The van der Waals surface area contributed by atoms with Crippen LogP contribution in [0.3, 0.4) is 0 Å². The largest absolute Gasteiger partial charge is 0.464 e. The monoisotopic (exact) mass is 406 g/mol. The van der Waals surface area contributed by atoms with Gasteiger partial charge in [-0.3, -0.25) is 4.99 Å². The molecule has 8 heteroatoms. The van der Waals surface area contributed by atoms with E-state index in [2.05, 4.69) is 10.1 Å². The zero-order chi connectivity index (χ0) is 21.4. The van der Waals surface area contributed by atoms with Gasteiger partial charge in [0.2, 0.25) is 0 Å². The highest BCUT2D eigenvalue weighted by Gasteiger charge is 2.30. The Bertz CT molecular complexity index is 921. The third kappa shape index (κ3) is 5.91. The lowest BCUT2D eigenvalue weighted by Crippen LogP contribution is -2.19. The highest BCUT2D eigenvalue weighted by atomic mass is 19.4. The van der Waals surface area contributed by atoms with Crippen LogP contribution in [0.4, 0.5) is 13.2 Å².